The van der Waals surface area contributed by atoms with Gasteiger partial charge in [-0.2, -0.15) is 0 Å². The summed E-state index contributed by atoms with van der Waals surface area (Å²) in [5.41, 5.74) is 0.787. The zero-order chi connectivity index (χ0) is 18.6. The van der Waals surface area contributed by atoms with E-state index in [0.717, 1.165) is 0 Å². The Kier molecular flexibility index (Phi) is 5.41. The molecule has 0 aliphatic heterocycles. The molecule has 25 heavy (non-hydrogen) atoms. The summed E-state index contributed by atoms with van der Waals surface area (Å²) >= 11 is 0. The van der Waals surface area contributed by atoms with E-state index in [4.69, 9.17) is 9.15 Å². The van der Waals surface area contributed by atoms with Crippen LogP contribution in [0.3, 0.4) is 0 Å². The topological polar surface area (TPSA) is 85.6 Å². The predicted octanol–water partition coefficient (Wildman–Crippen LogP) is 3.61. The van der Waals surface area contributed by atoms with Crippen LogP contribution in [0.5, 0.6) is 0 Å². The molecule has 1 N–H and O–H groups in total. The number of carbonyl (C=O) groups excluding carboxylic acids is 3. The Morgan fingerprint density at radius 3 is 2.24 bits per heavy atom. The first kappa shape index (κ1) is 18.4. The number of ether oxygens (including phenoxy) is 1. The van der Waals surface area contributed by atoms with Crippen molar-refractivity contribution in [1.29, 1.82) is 0 Å². The number of Topliss-reactive ketones (excluding diaryl/α,β-unsaturated/α-hetero) is 1. The molecule has 0 unspecified atom stereocenters. The van der Waals surface area contributed by atoms with Gasteiger partial charge in [0, 0.05) is 16.7 Å². The third-order valence-electron chi connectivity index (χ3n) is 3.56. The maximum absolute atomic E-state index is 12.1. The highest BCUT2D eigenvalue weighted by molar-refractivity contribution is 6.00. The molecule has 0 aliphatic carbocycles. The van der Waals surface area contributed by atoms with E-state index in [9.17, 15) is 14.4 Å². The number of carbonyl (C=O) groups is 3. The van der Waals surface area contributed by atoms with Gasteiger partial charge in [0.1, 0.15) is 11.3 Å². The molecule has 6 heteroatoms. The molecule has 2 aromatic rings. The molecule has 1 aromatic heterocycles. The molecule has 0 fully saturated rings. The Bertz CT molecular complexity index is 781. The number of ketones is 1. The van der Waals surface area contributed by atoms with Crippen LogP contribution in [-0.4, -0.2) is 24.3 Å². The Morgan fingerprint density at radius 1 is 1.08 bits per heavy atom. The zero-order valence-electron chi connectivity index (χ0n) is 14.7. The minimum atomic E-state index is -0.603. The molecule has 0 radical (unpaired) electrons. The number of esters is 1. The number of hydrogen-bond donors (Lipinski definition) is 1. The number of benzene rings is 1. The molecule has 6 nitrogen and oxygen atoms in total. The van der Waals surface area contributed by atoms with Crippen molar-refractivity contribution in [3.8, 4) is 0 Å². The van der Waals surface area contributed by atoms with Crippen LogP contribution in [0, 0.1) is 12.3 Å². The van der Waals surface area contributed by atoms with E-state index in [-0.39, 0.29) is 18.3 Å². The Labute approximate surface area is 146 Å². The van der Waals surface area contributed by atoms with Crippen LogP contribution >= 0.6 is 0 Å². The van der Waals surface area contributed by atoms with Crippen molar-refractivity contribution in [2.24, 2.45) is 5.41 Å². The van der Waals surface area contributed by atoms with Gasteiger partial charge in [-0.1, -0.05) is 20.8 Å². The SMILES string of the molecule is Cc1occc1C(=O)OCC(=O)c1ccc(NC(=O)C(C)(C)C)cc1. The van der Waals surface area contributed by atoms with Crippen LogP contribution in [0.15, 0.2) is 41.0 Å². The van der Waals surface area contributed by atoms with Gasteiger partial charge in [0.15, 0.2) is 12.4 Å². The average molecular weight is 343 g/mol. The van der Waals surface area contributed by atoms with Crippen molar-refractivity contribution in [3.05, 3.63) is 53.5 Å². The number of hydrogen-bond acceptors (Lipinski definition) is 5. The summed E-state index contributed by atoms with van der Waals surface area (Å²) in [6, 6.07) is 7.93. The Hall–Kier alpha value is -2.89. The first-order valence-corrected chi connectivity index (χ1v) is 7.84. The fraction of sp³-hybridized carbons (Fsp3) is 0.316. The number of amides is 1. The van der Waals surface area contributed by atoms with Crippen LogP contribution < -0.4 is 5.32 Å². The number of furan rings is 1. The van der Waals surface area contributed by atoms with Gasteiger partial charge in [-0.05, 0) is 37.3 Å². The minimum Gasteiger partial charge on any atom is -0.469 e. The van der Waals surface area contributed by atoms with E-state index in [1.165, 1.54) is 12.3 Å². The smallest absolute Gasteiger partial charge is 0.342 e. The van der Waals surface area contributed by atoms with Crippen molar-refractivity contribution in [1.82, 2.24) is 0 Å². The number of nitrogens with one attached hydrogen (secondary N) is 1. The van der Waals surface area contributed by atoms with Gasteiger partial charge in [0.05, 0.1) is 6.26 Å². The van der Waals surface area contributed by atoms with Crippen LogP contribution in [0.25, 0.3) is 0 Å². The molecule has 2 rings (SSSR count). The lowest BCUT2D eigenvalue weighted by Gasteiger charge is -2.17. The molecular weight excluding hydrogens is 322 g/mol. The van der Waals surface area contributed by atoms with E-state index in [2.05, 4.69) is 5.32 Å². The number of anilines is 1. The molecule has 1 aromatic carbocycles. The maximum atomic E-state index is 12.1. The second-order valence-corrected chi connectivity index (χ2v) is 6.67. The molecule has 0 saturated heterocycles. The monoisotopic (exact) mass is 343 g/mol. The second kappa shape index (κ2) is 7.34. The van der Waals surface area contributed by atoms with Gasteiger partial charge in [-0.25, -0.2) is 4.79 Å². The lowest BCUT2D eigenvalue weighted by molar-refractivity contribution is -0.123. The lowest BCUT2D eigenvalue weighted by atomic mass is 9.95. The average Bonchev–Trinajstić information content (AvgIpc) is 2.98. The first-order valence-electron chi connectivity index (χ1n) is 7.84. The van der Waals surface area contributed by atoms with Crippen molar-refractivity contribution in [2.75, 3.05) is 11.9 Å². The first-order chi connectivity index (χ1) is 11.7. The fourth-order valence-corrected chi connectivity index (χ4v) is 1.95. The molecule has 0 atom stereocenters. The lowest BCUT2D eigenvalue weighted by Crippen LogP contribution is -2.27. The van der Waals surface area contributed by atoms with E-state index in [0.29, 0.717) is 22.6 Å². The summed E-state index contributed by atoms with van der Waals surface area (Å²) in [6.07, 6.45) is 1.39. The molecule has 1 amide bonds. The fourth-order valence-electron chi connectivity index (χ4n) is 1.95. The van der Waals surface area contributed by atoms with E-state index >= 15 is 0 Å². The quantitative estimate of drug-likeness (QED) is 0.662. The Morgan fingerprint density at radius 2 is 1.72 bits per heavy atom. The maximum Gasteiger partial charge on any atom is 0.342 e. The number of rotatable bonds is 5. The molecule has 0 bridgehead atoms. The summed E-state index contributed by atoms with van der Waals surface area (Å²) < 4.78 is 10.0. The van der Waals surface area contributed by atoms with Crippen LogP contribution in [-0.2, 0) is 9.53 Å². The Balaban J connectivity index is 1.93. The molecule has 1 heterocycles. The van der Waals surface area contributed by atoms with Gasteiger partial charge in [-0.3, -0.25) is 9.59 Å². The molecule has 0 aliphatic rings. The highest BCUT2D eigenvalue weighted by Gasteiger charge is 2.21. The van der Waals surface area contributed by atoms with Gasteiger partial charge in [-0.15, -0.1) is 0 Å². The largest absolute Gasteiger partial charge is 0.469 e. The van der Waals surface area contributed by atoms with Crippen molar-refractivity contribution in [2.45, 2.75) is 27.7 Å². The van der Waals surface area contributed by atoms with Gasteiger partial charge < -0.3 is 14.5 Å². The summed E-state index contributed by atoms with van der Waals surface area (Å²) in [6.45, 7) is 6.73. The van der Waals surface area contributed by atoms with Crippen molar-refractivity contribution >= 4 is 23.3 Å². The van der Waals surface area contributed by atoms with Crippen LogP contribution in [0.4, 0.5) is 5.69 Å². The van der Waals surface area contributed by atoms with Crippen LogP contribution in [0.2, 0.25) is 0 Å². The third kappa shape index (κ3) is 4.79. The van der Waals surface area contributed by atoms with E-state index < -0.39 is 11.4 Å². The number of aryl methyl sites for hydroxylation is 1. The van der Waals surface area contributed by atoms with Gasteiger partial charge in [0.2, 0.25) is 5.91 Å². The summed E-state index contributed by atoms with van der Waals surface area (Å²) in [5, 5.41) is 2.78. The molecule has 0 spiro atoms. The summed E-state index contributed by atoms with van der Waals surface area (Å²) in [4.78, 5) is 35.9. The van der Waals surface area contributed by atoms with Gasteiger partial charge in [0.25, 0.3) is 0 Å². The standard InChI is InChI=1S/C19H21NO5/c1-12-15(9-10-24-12)17(22)25-11-16(21)13-5-7-14(8-6-13)20-18(23)19(2,3)4/h5-10H,11H2,1-4H3,(H,20,23). The highest BCUT2D eigenvalue weighted by atomic mass is 16.5. The van der Waals surface area contributed by atoms with Crippen molar-refractivity contribution in [3.63, 3.8) is 0 Å². The van der Waals surface area contributed by atoms with E-state index in [1.54, 1.807) is 31.2 Å². The van der Waals surface area contributed by atoms with Crippen LogP contribution in [0.1, 0.15) is 47.2 Å². The van der Waals surface area contributed by atoms with Crippen molar-refractivity contribution < 1.29 is 23.5 Å². The van der Waals surface area contributed by atoms with E-state index in [1.807, 2.05) is 20.8 Å². The minimum absolute atomic E-state index is 0.115. The summed E-state index contributed by atoms with van der Waals surface area (Å²) in [7, 11) is 0. The third-order valence-corrected chi connectivity index (χ3v) is 3.56. The normalized spacial score (nSPS) is 11.0. The predicted molar refractivity (Wildman–Crippen MR) is 92.6 cm³/mol. The second-order valence-electron chi connectivity index (χ2n) is 6.67. The molecular formula is C19H21NO5. The highest BCUT2D eigenvalue weighted by Crippen LogP contribution is 2.18. The van der Waals surface area contributed by atoms with Gasteiger partial charge >= 0.3 is 5.97 Å². The molecule has 0 saturated carbocycles. The zero-order valence-corrected chi connectivity index (χ0v) is 14.7. The summed E-state index contributed by atoms with van der Waals surface area (Å²) in [5.74, 6) is -0.607. The molecule has 132 valence electrons.